The van der Waals surface area contributed by atoms with E-state index in [2.05, 4.69) is 0 Å². The van der Waals surface area contributed by atoms with Crippen molar-refractivity contribution in [3.63, 3.8) is 0 Å². The minimum absolute atomic E-state index is 0.000577. The zero-order valence-corrected chi connectivity index (χ0v) is 19.2. The fraction of sp³-hybridized carbons (Fsp3) is 0.292. The Labute approximate surface area is 197 Å². The van der Waals surface area contributed by atoms with Gasteiger partial charge in [-0.05, 0) is 35.8 Å². The van der Waals surface area contributed by atoms with Crippen LogP contribution in [-0.2, 0) is 20.7 Å². The van der Waals surface area contributed by atoms with Crippen LogP contribution in [0.3, 0.4) is 0 Å². The van der Waals surface area contributed by atoms with E-state index < -0.39 is 0 Å². The summed E-state index contributed by atoms with van der Waals surface area (Å²) in [5.41, 5.74) is 2.05. The summed E-state index contributed by atoms with van der Waals surface area (Å²) in [6.45, 7) is 2.91. The summed E-state index contributed by atoms with van der Waals surface area (Å²) in [7, 11) is 0. The molecule has 166 valence electrons. The molecular formula is C24H24N2O4S2. The lowest BCUT2D eigenvalue weighted by Gasteiger charge is -2.26. The van der Waals surface area contributed by atoms with Gasteiger partial charge in [-0.3, -0.25) is 14.5 Å². The highest BCUT2D eigenvalue weighted by Gasteiger charge is 2.31. The molecule has 32 heavy (non-hydrogen) atoms. The van der Waals surface area contributed by atoms with Crippen molar-refractivity contribution in [2.24, 2.45) is 0 Å². The Morgan fingerprint density at radius 3 is 2.53 bits per heavy atom. The number of hydrogen-bond donors (Lipinski definition) is 0. The van der Waals surface area contributed by atoms with Crippen molar-refractivity contribution in [1.82, 2.24) is 9.80 Å². The predicted molar refractivity (Wildman–Crippen MR) is 129 cm³/mol. The van der Waals surface area contributed by atoms with Crippen molar-refractivity contribution < 1.29 is 19.1 Å². The van der Waals surface area contributed by atoms with Crippen molar-refractivity contribution in [3.05, 3.63) is 70.6 Å². The summed E-state index contributed by atoms with van der Waals surface area (Å²) in [6.07, 6.45) is 2.60. The van der Waals surface area contributed by atoms with Crippen molar-refractivity contribution in [2.45, 2.75) is 6.42 Å². The number of rotatable bonds is 7. The molecule has 0 atom stereocenters. The highest BCUT2D eigenvalue weighted by atomic mass is 32.2. The Kier molecular flexibility index (Phi) is 7.57. The monoisotopic (exact) mass is 468 g/mol. The maximum absolute atomic E-state index is 12.8. The van der Waals surface area contributed by atoms with Crippen LogP contribution >= 0.6 is 24.0 Å². The molecule has 0 bridgehead atoms. The molecule has 2 aromatic carbocycles. The van der Waals surface area contributed by atoms with Gasteiger partial charge in [-0.1, -0.05) is 66.4 Å². The van der Waals surface area contributed by atoms with E-state index in [-0.39, 0.29) is 18.4 Å². The van der Waals surface area contributed by atoms with Gasteiger partial charge >= 0.3 is 0 Å². The Hall–Kier alpha value is -2.68. The number of benzene rings is 2. The van der Waals surface area contributed by atoms with E-state index in [4.69, 9.17) is 21.7 Å². The van der Waals surface area contributed by atoms with Gasteiger partial charge in [0.05, 0.1) is 18.1 Å². The maximum atomic E-state index is 12.8. The highest BCUT2D eigenvalue weighted by Crippen LogP contribution is 2.32. The molecule has 2 amide bonds. The van der Waals surface area contributed by atoms with Crippen LogP contribution in [0, 0.1) is 0 Å². The third-order valence-corrected chi connectivity index (χ3v) is 6.62. The Bertz CT molecular complexity index is 1000. The summed E-state index contributed by atoms with van der Waals surface area (Å²) in [4.78, 5) is 29.0. The van der Waals surface area contributed by atoms with Gasteiger partial charge in [-0.15, -0.1) is 0 Å². The standard InChI is InChI=1S/C24H24N2O4S2/c27-22(25-12-14-29-15-13-25)17-30-20-8-6-19(7-9-20)16-21-23(28)26(24(31)32-21)11-10-18-4-2-1-3-5-18/h1-9,16H,10-15,17H2/b21-16-. The molecule has 8 heteroatoms. The average molecular weight is 469 g/mol. The lowest BCUT2D eigenvalue weighted by molar-refractivity contribution is -0.137. The quantitative estimate of drug-likeness (QED) is 0.459. The molecule has 2 heterocycles. The molecule has 0 saturated carbocycles. The Morgan fingerprint density at radius 2 is 1.81 bits per heavy atom. The first-order chi connectivity index (χ1) is 15.6. The zero-order valence-electron chi connectivity index (χ0n) is 17.6. The fourth-order valence-electron chi connectivity index (χ4n) is 3.44. The molecule has 0 spiro atoms. The first-order valence-corrected chi connectivity index (χ1v) is 11.7. The van der Waals surface area contributed by atoms with Gasteiger partial charge in [-0.2, -0.15) is 0 Å². The fourth-order valence-corrected chi connectivity index (χ4v) is 4.75. The van der Waals surface area contributed by atoms with Crippen LogP contribution in [0.25, 0.3) is 6.08 Å². The molecule has 6 nitrogen and oxygen atoms in total. The van der Waals surface area contributed by atoms with Gasteiger partial charge in [0.1, 0.15) is 10.1 Å². The van der Waals surface area contributed by atoms with Crippen LogP contribution in [0.5, 0.6) is 5.75 Å². The molecule has 0 aromatic heterocycles. The second kappa shape index (κ2) is 10.8. The van der Waals surface area contributed by atoms with Gasteiger partial charge in [0, 0.05) is 19.6 Å². The van der Waals surface area contributed by atoms with E-state index in [0.29, 0.717) is 47.8 Å². The second-order valence-corrected chi connectivity index (χ2v) is 9.10. The number of thioether (sulfide) groups is 1. The van der Waals surface area contributed by atoms with E-state index in [1.54, 1.807) is 21.9 Å². The normalized spacial score (nSPS) is 17.8. The largest absolute Gasteiger partial charge is 0.484 e. The number of carbonyl (C=O) groups excluding carboxylic acids is 2. The number of nitrogens with zero attached hydrogens (tertiary/aromatic N) is 2. The van der Waals surface area contributed by atoms with Crippen molar-refractivity contribution in [3.8, 4) is 5.75 Å². The van der Waals surface area contributed by atoms with E-state index >= 15 is 0 Å². The number of thiocarbonyl (C=S) groups is 1. The molecule has 2 saturated heterocycles. The van der Waals surface area contributed by atoms with E-state index in [1.165, 1.54) is 17.3 Å². The number of morpholine rings is 1. The van der Waals surface area contributed by atoms with Gasteiger partial charge in [-0.25, -0.2) is 0 Å². The van der Waals surface area contributed by atoms with Crippen LogP contribution in [-0.4, -0.2) is 65.4 Å². The Balaban J connectivity index is 1.31. The van der Waals surface area contributed by atoms with E-state index in [9.17, 15) is 9.59 Å². The molecule has 2 aliphatic rings. The van der Waals surface area contributed by atoms with Crippen molar-refractivity contribution >= 4 is 46.2 Å². The maximum Gasteiger partial charge on any atom is 0.266 e. The number of amides is 2. The molecule has 0 aliphatic carbocycles. The number of carbonyl (C=O) groups is 2. The van der Waals surface area contributed by atoms with Gasteiger partial charge < -0.3 is 14.4 Å². The van der Waals surface area contributed by atoms with Crippen LogP contribution in [0.1, 0.15) is 11.1 Å². The summed E-state index contributed by atoms with van der Waals surface area (Å²) < 4.78 is 11.5. The second-order valence-electron chi connectivity index (χ2n) is 7.42. The summed E-state index contributed by atoms with van der Waals surface area (Å²) >= 11 is 6.75. The van der Waals surface area contributed by atoms with Crippen LogP contribution in [0.4, 0.5) is 0 Å². The average Bonchev–Trinajstić information content (AvgIpc) is 3.10. The SMILES string of the molecule is O=C(COc1ccc(/C=C2\SC(=S)N(CCc3ccccc3)C2=O)cc1)N1CCOCC1. The molecule has 2 fully saturated rings. The van der Waals surface area contributed by atoms with Crippen LogP contribution in [0.2, 0.25) is 0 Å². The predicted octanol–water partition coefficient (Wildman–Crippen LogP) is 3.37. The van der Waals surface area contributed by atoms with Crippen molar-refractivity contribution in [1.29, 1.82) is 0 Å². The third kappa shape index (κ3) is 5.76. The van der Waals surface area contributed by atoms with Gasteiger partial charge in [0.2, 0.25) is 0 Å². The van der Waals surface area contributed by atoms with Gasteiger partial charge in [0.15, 0.2) is 6.61 Å². The van der Waals surface area contributed by atoms with Gasteiger partial charge in [0.25, 0.3) is 11.8 Å². The minimum atomic E-state index is -0.0626. The summed E-state index contributed by atoms with van der Waals surface area (Å²) in [5, 5.41) is 0. The topological polar surface area (TPSA) is 59.1 Å². The molecular weight excluding hydrogens is 444 g/mol. The number of ether oxygens (including phenoxy) is 2. The minimum Gasteiger partial charge on any atom is -0.484 e. The molecule has 0 unspecified atom stereocenters. The molecule has 0 N–H and O–H groups in total. The lowest BCUT2D eigenvalue weighted by Crippen LogP contribution is -2.42. The number of hydrogen-bond acceptors (Lipinski definition) is 6. The third-order valence-electron chi connectivity index (χ3n) is 5.24. The van der Waals surface area contributed by atoms with E-state index in [1.807, 2.05) is 48.5 Å². The molecule has 4 rings (SSSR count). The molecule has 0 radical (unpaired) electrons. The highest BCUT2D eigenvalue weighted by molar-refractivity contribution is 8.26. The summed E-state index contributed by atoms with van der Waals surface area (Å²) in [5.74, 6) is 0.503. The molecule has 2 aliphatic heterocycles. The van der Waals surface area contributed by atoms with Crippen LogP contribution < -0.4 is 4.74 Å². The lowest BCUT2D eigenvalue weighted by atomic mass is 10.1. The molecule has 2 aromatic rings. The first-order valence-electron chi connectivity index (χ1n) is 10.5. The van der Waals surface area contributed by atoms with E-state index in [0.717, 1.165) is 12.0 Å². The summed E-state index contributed by atoms with van der Waals surface area (Å²) in [6, 6.07) is 17.4. The van der Waals surface area contributed by atoms with Crippen LogP contribution in [0.15, 0.2) is 59.5 Å². The first kappa shape index (κ1) is 22.5. The van der Waals surface area contributed by atoms with Crippen molar-refractivity contribution in [2.75, 3.05) is 39.5 Å². The zero-order chi connectivity index (χ0) is 22.3. The Morgan fingerprint density at radius 1 is 1.09 bits per heavy atom. The smallest absolute Gasteiger partial charge is 0.266 e.